The molecule has 2 aromatic carbocycles. The van der Waals surface area contributed by atoms with E-state index in [2.05, 4.69) is 60.8 Å². The van der Waals surface area contributed by atoms with E-state index in [0.29, 0.717) is 0 Å². The summed E-state index contributed by atoms with van der Waals surface area (Å²) >= 11 is 0. The van der Waals surface area contributed by atoms with E-state index in [1.165, 1.54) is 54.6 Å². The van der Waals surface area contributed by atoms with E-state index >= 15 is 0 Å². The van der Waals surface area contributed by atoms with Crippen LogP contribution in [0.3, 0.4) is 0 Å². The van der Waals surface area contributed by atoms with Crippen molar-refractivity contribution < 1.29 is 0 Å². The molecule has 104 valence electrons. The zero-order chi connectivity index (χ0) is 13.8. The SMILES string of the molecule is Cc1cccc(-c2ccc(CC3CCNCC3)cc2)c1. The first-order valence-corrected chi connectivity index (χ1v) is 7.68. The van der Waals surface area contributed by atoms with Gasteiger partial charge in [-0.3, -0.25) is 0 Å². The maximum absolute atomic E-state index is 3.44. The molecule has 2 aromatic rings. The van der Waals surface area contributed by atoms with Crippen molar-refractivity contribution >= 4 is 0 Å². The number of nitrogens with one attached hydrogen (secondary N) is 1. The van der Waals surface area contributed by atoms with E-state index in [9.17, 15) is 0 Å². The average molecular weight is 265 g/mol. The molecule has 0 unspecified atom stereocenters. The smallest absolute Gasteiger partial charge is 0.00462 e. The third kappa shape index (κ3) is 3.29. The molecule has 0 spiro atoms. The van der Waals surface area contributed by atoms with Gasteiger partial charge in [-0.25, -0.2) is 0 Å². The van der Waals surface area contributed by atoms with Crippen LogP contribution >= 0.6 is 0 Å². The van der Waals surface area contributed by atoms with Crippen molar-refractivity contribution in [1.29, 1.82) is 0 Å². The molecule has 20 heavy (non-hydrogen) atoms. The first-order valence-electron chi connectivity index (χ1n) is 7.68. The van der Waals surface area contributed by atoms with Gasteiger partial charge in [0, 0.05) is 0 Å². The minimum Gasteiger partial charge on any atom is -0.317 e. The lowest BCUT2D eigenvalue weighted by atomic mass is 9.90. The van der Waals surface area contributed by atoms with Gasteiger partial charge in [-0.1, -0.05) is 54.1 Å². The van der Waals surface area contributed by atoms with Crippen LogP contribution in [0.15, 0.2) is 48.5 Å². The number of hydrogen-bond donors (Lipinski definition) is 1. The standard InChI is InChI=1S/C19H23N/c1-15-3-2-4-19(13-15)18-7-5-16(6-8-18)14-17-9-11-20-12-10-17/h2-8,13,17,20H,9-12,14H2,1H3. The van der Waals surface area contributed by atoms with Gasteiger partial charge >= 0.3 is 0 Å². The molecule has 1 aliphatic heterocycles. The first kappa shape index (κ1) is 13.4. The van der Waals surface area contributed by atoms with Crippen molar-refractivity contribution in [3.8, 4) is 11.1 Å². The molecule has 0 amide bonds. The molecule has 0 radical (unpaired) electrons. The molecule has 0 saturated carbocycles. The molecule has 1 heteroatoms. The summed E-state index contributed by atoms with van der Waals surface area (Å²) in [6.07, 6.45) is 3.87. The van der Waals surface area contributed by atoms with Gasteiger partial charge in [0.1, 0.15) is 0 Å². The molecule has 1 saturated heterocycles. The number of hydrogen-bond acceptors (Lipinski definition) is 1. The van der Waals surface area contributed by atoms with E-state index in [1.54, 1.807) is 0 Å². The monoisotopic (exact) mass is 265 g/mol. The van der Waals surface area contributed by atoms with Crippen molar-refractivity contribution in [2.45, 2.75) is 26.2 Å². The molecular formula is C19H23N. The van der Waals surface area contributed by atoms with Crippen molar-refractivity contribution in [3.05, 3.63) is 59.7 Å². The Bertz CT molecular complexity index is 550. The Hall–Kier alpha value is -1.60. The van der Waals surface area contributed by atoms with E-state index in [4.69, 9.17) is 0 Å². The molecule has 1 aliphatic rings. The average Bonchev–Trinajstić information content (AvgIpc) is 2.49. The van der Waals surface area contributed by atoms with Crippen LogP contribution < -0.4 is 5.32 Å². The summed E-state index contributed by atoms with van der Waals surface area (Å²) in [6, 6.07) is 17.9. The Kier molecular flexibility index (Phi) is 4.17. The predicted molar refractivity (Wildman–Crippen MR) is 85.9 cm³/mol. The van der Waals surface area contributed by atoms with Gasteiger partial charge in [-0.15, -0.1) is 0 Å². The van der Waals surface area contributed by atoms with E-state index in [-0.39, 0.29) is 0 Å². The van der Waals surface area contributed by atoms with Crippen LogP contribution in [0.5, 0.6) is 0 Å². The summed E-state index contributed by atoms with van der Waals surface area (Å²) in [7, 11) is 0. The fraction of sp³-hybridized carbons (Fsp3) is 0.368. The highest BCUT2D eigenvalue weighted by molar-refractivity contribution is 5.64. The highest BCUT2D eigenvalue weighted by Gasteiger charge is 2.13. The topological polar surface area (TPSA) is 12.0 Å². The van der Waals surface area contributed by atoms with Crippen molar-refractivity contribution in [2.24, 2.45) is 5.92 Å². The molecule has 1 heterocycles. The van der Waals surface area contributed by atoms with Crippen molar-refractivity contribution in [2.75, 3.05) is 13.1 Å². The molecular weight excluding hydrogens is 242 g/mol. The van der Waals surface area contributed by atoms with Crippen molar-refractivity contribution in [1.82, 2.24) is 5.32 Å². The summed E-state index contributed by atoms with van der Waals surface area (Å²) in [4.78, 5) is 0. The summed E-state index contributed by atoms with van der Waals surface area (Å²) in [6.45, 7) is 4.52. The molecule has 3 rings (SSSR count). The number of piperidine rings is 1. The van der Waals surface area contributed by atoms with Crippen LogP contribution in [0.1, 0.15) is 24.0 Å². The van der Waals surface area contributed by atoms with Gasteiger partial charge in [0.05, 0.1) is 0 Å². The first-order chi connectivity index (χ1) is 9.81. The van der Waals surface area contributed by atoms with Crippen LogP contribution in [-0.2, 0) is 6.42 Å². The molecule has 0 atom stereocenters. The molecule has 1 N–H and O–H groups in total. The Morgan fingerprint density at radius 3 is 2.40 bits per heavy atom. The van der Waals surface area contributed by atoms with Crippen LogP contribution in [0.25, 0.3) is 11.1 Å². The van der Waals surface area contributed by atoms with Crippen LogP contribution in [0.4, 0.5) is 0 Å². The van der Waals surface area contributed by atoms with Gasteiger partial charge in [0.25, 0.3) is 0 Å². The molecule has 1 nitrogen and oxygen atoms in total. The summed E-state index contributed by atoms with van der Waals surface area (Å²) in [5.74, 6) is 0.862. The van der Waals surface area contributed by atoms with Gasteiger partial charge in [-0.2, -0.15) is 0 Å². The van der Waals surface area contributed by atoms with E-state index < -0.39 is 0 Å². The van der Waals surface area contributed by atoms with Crippen LogP contribution in [-0.4, -0.2) is 13.1 Å². The van der Waals surface area contributed by atoms with Crippen LogP contribution in [0.2, 0.25) is 0 Å². The zero-order valence-electron chi connectivity index (χ0n) is 12.2. The summed E-state index contributed by atoms with van der Waals surface area (Å²) < 4.78 is 0. The molecule has 0 bridgehead atoms. The number of benzene rings is 2. The third-order valence-electron chi connectivity index (χ3n) is 4.29. The largest absolute Gasteiger partial charge is 0.317 e. The van der Waals surface area contributed by atoms with Gasteiger partial charge in [0.15, 0.2) is 0 Å². The highest BCUT2D eigenvalue weighted by Crippen LogP contribution is 2.23. The second kappa shape index (κ2) is 6.23. The lowest BCUT2D eigenvalue weighted by Gasteiger charge is -2.22. The summed E-state index contributed by atoms with van der Waals surface area (Å²) in [5.41, 5.74) is 5.44. The Balaban J connectivity index is 1.71. The third-order valence-corrected chi connectivity index (χ3v) is 4.29. The van der Waals surface area contributed by atoms with Crippen LogP contribution in [0, 0.1) is 12.8 Å². The van der Waals surface area contributed by atoms with E-state index in [1.807, 2.05) is 0 Å². The normalized spacial score (nSPS) is 16.2. The molecule has 0 aliphatic carbocycles. The fourth-order valence-corrected chi connectivity index (χ4v) is 3.08. The number of rotatable bonds is 3. The molecule has 1 fully saturated rings. The maximum Gasteiger partial charge on any atom is -0.00462 e. The van der Waals surface area contributed by atoms with Gasteiger partial charge < -0.3 is 5.32 Å². The summed E-state index contributed by atoms with van der Waals surface area (Å²) in [5, 5.41) is 3.44. The fourth-order valence-electron chi connectivity index (χ4n) is 3.08. The lowest BCUT2D eigenvalue weighted by molar-refractivity contribution is 0.372. The van der Waals surface area contributed by atoms with E-state index in [0.717, 1.165) is 5.92 Å². The second-order valence-corrected chi connectivity index (χ2v) is 5.96. The molecule has 0 aromatic heterocycles. The second-order valence-electron chi connectivity index (χ2n) is 5.96. The van der Waals surface area contributed by atoms with Crippen molar-refractivity contribution in [3.63, 3.8) is 0 Å². The van der Waals surface area contributed by atoms with Gasteiger partial charge in [0.2, 0.25) is 0 Å². The zero-order valence-corrected chi connectivity index (χ0v) is 12.2. The van der Waals surface area contributed by atoms with Gasteiger partial charge in [-0.05, 0) is 61.9 Å². The quantitative estimate of drug-likeness (QED) is 0.877. The Morgan fingerprint density at radius 1 is 0.950 bits per heavy atom. The lowest BCUT2D eigenvalue weighted by Crippen LogP contribution is -2.28. The Labute approximate surface area is 122 Å². The number of aryl methyl sites for hydroxylation is 1. The Morgan fingerprint density at radius 2 is 1.70 bits per heavy atom. The highest BCUT2D eigenvalue weighted by atomic mass is 14.9. The maximum atomic E-state index is 3.44. The minimum atomic E-state index is 0.862. The minimum absolute atomic E-state index is 0.862. The predicted octanol–water partition coefficient (Wildman–Crippen LogP) is 4.20.